The Hall–Kier alpha value is -2.34. The number of nitrogens with zero attached hydrogens (tertiary/aromatic N) is 4. The lowest BCUT2D eigenvalue weighted by Gasteiger charge is -2.26. The molecule has 1 saturated heterocycles. The van der Waals surface area contributed by atoms with Gasteiger partial charge in [-0.25, -0.2) is 0 Å². The molecule has 1 aliphatic rings. The molecule has 0 N–H and O–H groups in total. The first-order chi connectivity index (χ1) is 13.1. The summed E-state index contributed by atoms with van der Waals surface area (Å²) in [5.74, 6) is 0.189. The lowest BCUT2D eigenvalue weighted by molar-refractivity contribution is -0.133. The molecule has 6 heteroatoms. The van der Waals surface area contributed by atoms with E-state index in [4.69, 9.17) is 4.74 Å². The van der Waals surface area contributed by atoms with Gasteiger partial charge in [-0.2, -0.15) is 5.10 Å². The van der Waals surface area contributed by atoms with Gasteiger partial charge < -0.3 is 14.5 Å². The second-order valence-electron chi connectivity index (χ2n) is 7.34. The van der Waals surface area contributed by atoms with Crippen molar-refractivity contribution >= 4 is 11.6 Å². The fourth-order valence-corrected chi connectivity index (χ4v) is 3.39. The summed E-state index contributed by atoms with van der Waals surface area (Å²) >= 11 is 0. The van der Waals surface area contributed by atoms with Gasteiger partial charge in [-0.05, 0) is 43.0 Å². The number of hydrogen-bond acceptors (Lipinski definition) is 4. The molecule has 6 nitrogen and oxygen atoms in total. The van der Waals surface area contributed by atoms with E-state index in [0.29, 0.717) is 19.5 Å². The third kappa shape index (κ3) is 5.82. The molecule has 1 atom stereocenters. The van der Waals surface area contributed by atoms with Gasteiger partial charge in [-0.3, -0.25) is 9.48 Å². The van der Waals surface area contributed by atoms with Crippen LogP contribution >= 0.6 is 0 Å². The number of hydrogen-bond donors (Lipinski definition) is 0. The maximum absolute atomic E-state index is 12.9. The van der Waals surface area contributed by atoms with Crippen molar-refractivity contribution in [3.8, 4) is 0 Å². The summed E-state index contributed by atoms with van der Waals surface area (Å²) in [5, 5.41) is 4.20. The Bertz CT molecular complexity index is 691. The summed E-state index contributed by atoms with van der Waals surface area (Å²) in [6.07, 6.45) is 7.32. The van der Waals surface area contributed by atoms with Crippen LogP contribution in [0.2, 0.25) is 0 Å². The molecule has 3 rings (SSSR count). The highest BCUT2D eigenvalue weighted by Crippen LogP contribution is 2.18. The first-order valence-corrected chi connectivity index (χ1v) is 9.75. The first-order valence-electron chi connectivity index (χ1n) is 9.75. The molecular formula is C21H30N4O2. The zero-order valence-corrected chi connectivity index (χ0v) is 16.4. The summed E-state index contributed by atoms with van der Waals surface area (Å²) in [6.45, 7) is 2.89. The number of rotatable bonds is 9. The Balaban J connectivity index is 1.59. The molecule has 0 spiro atoms. The van der Waals surface area contributed by atoms with Crippen molar-refractivity contribution < 1.29 is 9.53 Å². The fraction of sp³-hybridized carbons (Fsp3) is 0.524. The number of carbonyl (C=O) groups excluding carboxylic acids is 1. The van der Waals surface area contributed by atoms with Crippen molar-refractivity contribution in [3.05, 3.63) is 48.3 Å². The summed E-state index contributed by atoms with van der Waals surface area (Å²) in [6, 6.07) is 10.3. The van der Waals surface area contributed by atoms with Gasteiger partial charge in [0.1, 0.15) is 0 Å². The van der Waals surface area contributed by atoms with E-state index >= 15 is 0 Å². The van der Waals surface area contributed by atoms with Crippen LogP contribution in [0.5, 0.6) is 0 Å². The van der Waals surface area contributed by atoms with Crippen LogP contribution in [0, 0.1) is 0 Å². The Morgan fingerprint density at radius 2 is 2.11 bits per heavy atom. The van der Waals surface area contributed by atoms with Crippen LogP contribution in [0.25, 0.3) is 0 Å². The van der Waals surface area contributed by atoms with Gasteiger partial charge >= 0.3 is 0 Å². The van der Waals surface area contributed by atoms with Gasteiger partial charge in [0.05, 0.1) is 6.10 Å². The molecule has 27 heavy (non-hydrogen) atoms. The Morgan fingerprint density at radius 1 is 1.30 bits per heavy atom. The Kier molecular flexibility index (Phi) is 6.87. The fourth-order valence-electron chi connectivity index (χ4n) is 3.39. The number of aryl methyl sites for hydroxylation is 1. The molecule has 2 aromatic rings. The second-order valence-corrected chi connectivity index (χ2v) is 7.34. The molecular weight excluding hydrogens is 340 g/mol. The minimum atomic E-state index is 0.168. The molecule has 2 heterocycles. The van der Waals surface area contributed by atoms with E-state index in [1.54, 1.807) is 6.20 Å². The standard InChI is InChI=1S/C21H30N4O2/c1-23(2)19-10-8-18(9-11-19)16-24(17-20-6-4-15-27-20)21(26)7-3-13-25-14-5-12-22-25/h5,8-12,14,20H,3-4,6-7,13,15-17H2,1-2H3. The molecule has 0 bridgehead atoms. The van der Waals surface area contributed by atoms with Gasteiger partial charge in [0, 0.05) is 64.8 Å². The Labute approximate surface area is 161 Å². The SMILES string of the molecule is CN(C)c1ccc(CN(CC2CCCO2)C(=O)CCCn2cccn2)cc1. The van der Waals surface area contributed by atoms with Crippen molar-refractivity contribution in [2.24, 2.45) is 0 Å². The van der Waals surface area contributed by atoms with E-state index in [-0.39, 0.29) is 12.0 Å². The predicted molar refractivity (Wildman–Crippen MR) is 107 cm³/mol. The lowest BCUT2D eigenvalue weighted by Crippen LogP contribution is -2.37. The van der Waals surface area contributed by atoms with Crippen LogP contribution in [0.1, 0.15) is 31.2 Å². The molecule has 1 amide bonds. The third-order valence-corrected chi connectivity index (χ3v) is 4.96. The average Bonchev–Trinajstić information content (AvgIpc) is 3.35. The predicted octanol–water partition coefficient (Wildman–Crippen LogP) is 2.94. The summed E-state index contributed by atoms with van der Waals surface area (Å²) in [7, 11) is 4.06. The molecule has 1 aromatic heterocycles. The molecule has 0 aliphatic carbocycles. The molecule has 1 unspecified atom stereocenters. The highest BCUT2D eigenvalue weighted by atomic mass is 16.5. The van der Waals surface area contributed by atoms with Crippen LogP contribution in [0.3, 0.4) is 0 Å². The number of ether oxygens (including phenoxy) is 1. The van der Waals surface area contributed by atoms with E-state index in [9.17, 15) is 4.79 Å². The first kappa shape index (κ1) is 19.4. The maximum atomic E-state index is 12.9. The summed E-state index contributed by atoms with van der Waals surface area (Å²) < 4.78 is 7.64. The maximum Gasteiger partial charge on any atom is 0.223 e. The van der Waals surface area contributed by atoms with E-state index in [2.05, 4.69) is 34.3 Å². The van der Waals surface area contributed by atoms with Gasteiger partial charge in [-0.15, -0.1) is 0 Å². The van der Waals surface area contributed by atoms with Gasteiger partial charge in [0.15, 0.2) is 0 Å². The number of carbonyl (C=O) groups is 1. The molecule has 1 aromatic carbocycles. The lowest BCUT2D eigenvalue weighted by atomic mass is 10.1. The molecule has 0 radical (unpaired) electrons. The number of anilines is 1. The van der Waals surface area contributed by atoms with Crippen molar-refractivity contribution in [2.45, 2.75) is 44.9 Å². The van der Waals surface area contributed by atoms with Crippen LogP contribution in [-0.2, 0) is 22.6 Å². The zero-order chi connectivity index (χ0) is 19.1. The molecule has 1 fully saturated rings. The monoisotopic (exact) mass is 370 g/mol. The van der Waals surface area contributed by atoms with Gasteiger partial charge in [0.2, 0.25) is 5.91 Å². The summed E-state index contributed by atoms with van der Waals surface area (Å²) in [5.41, 5.74) is 2.31. The normalized spacial score (nSPS) is 16.4. The van der Waals surface area contributed by atoms with Crippen molar-refractivity contribution in [2.75, 3.05) is 32.1 Å². The quantitative estimate of drug-likeness (QED) is 0.681. The van der Waals surface area contributed by atoms with E-state index in [0.717, 1.165) is 43.7 Å². The largest absolute Gasteiger partial charge is 0.378 e. The summed E-state index contributed by atoms with van der Waals surface area (Å²) in [4.78, 5) is 16.9. The highest BCUT2D eigenvalue weighted by molar-refractivity contribution is 5.76. The molecule has 146 valence electrons. The van der Waals surface area contributed by atoms with E-state index < -0.39 is 0 Å². The molecule has 0 saturated carbocycles. The van der Waals surface area contributed by atoms with Crippen LogP contribution < -0.4 is 4.90 Å². The average molecular weight is 370 g/mol. The van der Waals surface area contributed by atoms with Gasteiger partial charge in [0.25, 0.3) is 0 Å². The van der Waals surface area contributed by atoms with Gasteiger partial charge in [-0.1, -0.05) is 12.1 Å². The van der Waals surface area contributed by atoms with Crippen LogP contribution in [0.4, 0.5) is 5.69 Å². The topological polar surface area (TPSA) is 50.6 Å². The number of benzene rings is 1. The van der Waals surface area contributed by atoms with E-state index in [1.165, 1.54) is 0 Å². The third-order valence-electron chi connectivity index (χ3n) is 4.96. The van der Waals surface area contributed by atoms with Crippen molar-refractivity contribution in [3.63, 3.8) is 0 Å². The molecule has 1 aliphatic heterocycles. The number of aromatic nitrogens is 2. The van der Waals surface area contributed by atoms with Crippen LogP contribution in [-0.4, -0.2) is 53.9 Å². The minimum absolute atomic E-state index is 0.168. The van der Waals surface area contributed by atoms with Crippen molar-refractivity contribution in [1.82, 2.24) is 14.7 Å². The number of amides is 1. The van der Waals surface area contributed by atoms with E-state index in [1.807, 2.05) is 35.9 Å². The minimum Gasteiger partial charge on any atom is -0.378 e. The van der Waals surface area contributed by atoms with Crippen LogP contribution in [0.15, 0.2) is 42.7 Å². The highest BCUT2D eigenvalue weighted by Gasteiger charge is 2.22. The zero-order valence-electron chi connectivity index (χ0n) is 16.4. The van der Waals surface area contributed by atoms with Crippen molar-refractivity contribution in [1.29, 1.82) is 0 Å². The Morgan fingerprint density at radius 3 is 2.74 bits per heavy atom. The smallest absolute Gasteiger partial charge is 0.223 e. The second kappa shape index (κ2) is 9.55.